The summed E-state index contributed by atoms with van der Waals surface area (Å²) >= 11 is 0. The number of Topliss-reactive ketones (excluding diaryl/α,β-unsaturated/α-hetero) is 1. The van der Waals surface area contributed by atoms with Crippen molar-refractivity contribution < 1.29 is 4.79 Å². The van der Waals surface area contributed by atoms with E-state index < -0.39 is 0 Å². The van der Waals surface area contributed by atoms with Gasteiger partial charge >= 0.3 is 0 Å². The van der Waals surface area contributed by atoms with E-state index >= 15 is 0 Å². The summed E-state index contributed by atoms with van der Waals surface area (Å²) < 4.78 is 0. The van der Waals surface area contributed by atoms with Crippen LogP contribution in [0.3, 0.4) is 0 Å². The molecule has 2 saturated carbocycles. The van der Waals surface area contributed by atoms with Crippen molar-refractivity contribution in [3.05, 3.63) is 0 Å². The number of hydrogen-bond donors (Lipinski definition) is 0. The lowest BCUT2D eigenvalue weighted by atomic mass is 9.71. The predicted molar refractivity (Wildman–Crippen MR) is 39.7 cm³/mol. The van der Waals surface area contributed by atoms with Gasteiger partial charge in [0.15, 0.2) is 0 Å². The minimum Gasteiger partial charge on any atom is -0.300 e. The van der Waals surface area contributed by atoms with E-state index in [2.05, 4.69) is 0 Å². The Balaban J connectivity index is 1.97. The van der Waals surface area contributed by atoms with Crippen LogP contribution < -0.4 is 0 Å². The van der Waals surface area contributed by atoms with Crippen LogP contribution >= 0.6 is 0 Å². The van der Waals surface area contributed by atoms with Crippen LogP contribution in [0.15, 0.2) is 0 Å². The van der Waals surface area contributed by atoms with E-state index in [4.69, 9.17) is 0 Å². The highest BCUT2D eigenvalue weighted by molar-refractivity contribution is 5.78. The Morgan fingerprint density at radius 3 is 1.80 bits per heavy atom. The van der Waals surface area contributed by atoms with Gasteiger partial charge in [0.25, 0.3) is 0 Å². The minimum atomic E-state index is 0.509. The van der Waals surface area contributed by atoms with E-state index in [0.29, 0.717) is 5.78 Å². The van der Waals surface area contributed by atoms with Crippen LogP contribution in [0.25, 0.3) is 0 Å². The van der Waals surface area contributed by atoms with Crippen LogP contribution in [-0.2, 0) is 4.79 Å². The van der Waals surface area contributed by atoms with Gasteiger partial charge in [-0.2, -0.15) is 0 Å². The van der Waals surface area contributed by atoms with Gasteiger partial charge in [0.05, 0.1) is 0 Å². The second-order valence-electron chi connectivity index (χ2n) is 3.71. The van der Waals surface area contributed by atoms with E-state index in [-0.39, 0.29) is 0 Å². The molecule has 10 heavy (non-hydrogen) atoms. The fraction of sp³-hybridized carbons (Fsp3) is 0.889. The fourth-order valence-electron chi connectivity index (χ4n) is 2.22. The van der Waals surface area contributed by atoms with E-state index in [1.807, 2.05) is 0 Å². The van der Waals surface area contributed by atoms with E-state index in [1.54, 1.807) is 0 Å². The van der Waals surface area contributed by atoms with Gasteiger partial charge in [0.1, 0.15) is 5.78 Å². The zero-order valence-electron chi connectivity index (χ0n) is 6.31. The van der Waals surface area contributed by atoms with E-state index in [0.717, 1.165) is 24.7 Å². The summed E-state index contributed by atoms with van der Waals surface area (Å²) in [5.74, 6) is 2.38. The summed E-state index contributed by atoms with van der Waals surface area (Å²) in [5, 5.41) is 0. The van der Waals surface area contributed by atoms with Gasteiger partial charge in [0, 0.05) is 12.8 Å². The van der Waals surface area contributed by atoms with Crippen molar-refractivity contribution >= 4 is 5.78 Å². The minimum absolute atomic E-state index is 0.509. The molecule has 1 nitrogen and oxygen atoms in total. The average molecular weight is 138 g/mol. The van der Waals surface area contributed by atoms with Crippen molar-refractivity contribution in [2.45, 2.75) is 38.5 Å². The van der Waals surface area contributed by atoms with Crippen LogP contribution in [0.2, 0.25) is 0 Å². The van der Waals surface area contributed by atoms with Crippen molar-refractivity contribution in [3.8, 4) is 0 Å². The molecule has 0 amide bonds. The molecule has 0 aromatic rings. The lowest BCUT2D eigenvalue weighted by Gasteiger charge is -2.34. The second kappa shape index (κ2) is 2.37. The Morgan fingerprint density at radius 1 is 0.900 bits per heavy atom. The van der Waals surface area contributed by atoms with Gasteiger partial charge in [-0.15, -0.1) is 0 Å². The zero-order chi connectivity index (χ0) is 6.97. The highest BCUT2D eigenvalue weighted by Gasteiger charge is 2.32. The normalized spacial score (nSPS) is 39.8. The lowest BCUT2D eigenvalue weighted by Crippen LogP contribution is -2.23. The number of ketones is 1. The molecule has 2 rings (SSSR count). The SMILES string of the molecule is O=C1CCC2CCC2CC1. The van der Waals surface area contributed by atoms with Gasteiger partial charge in [-0.1, -0.05) is 0 Å². The van der Waals surface area contributed by atoms with Crippen LogP contribution in [0.5, 0.6) is 0 Å². The van der Waals surface area contributed by atoms with Crippen molar-refractivity contribution in [3.63, 3.8) is 0 Å². The molecular weight excluding hydrogens is 124 g/mol. The molecule has 2 atom stereocenters. The molecule has 0 N–H and O–H groups in total. The maximum atomic E-state index is 11.0. The third kappa shape index (κ3) is 0.979. The number of carbonyl (C=O) groups is 1. The Bertz CT molecular complexity index is 135. The number of hydrogen-bond acceptors (Lipinski definition) is 1. The molecule has 2 fully saturated rings. The highest BCUT2D eigenvalue weighted by atomic mass is 16.1. The molecule has 2 aliphatic carbocycles. The summed E-state index contributed by atoms with van der Waals surface area (Å²) in [6.45, 7) is 0. The number of carbonyl (C=O) groups excluding carboxylic acids is 1. The standard InChI is InChI=1S/C9H14O/c10-9-5-3-7-1-2-8(7)4-6-9/h7-8H,1-6H2. The van der Waals surface area contributed by atoms with Crippen LogP contribution in [0, 0.1) is 11.8 Å². The van der Waals surface area contributed by atoms with E-state index in [9.17, 15) is 4.79 Å². The molecule has 2 aliphatic rings. The van der Waals surface area contributed by atoms with Gasteiger partial charge in [-0.3, -0.25) is 4.79 Å². The van der Waals surface area contributed by atoms with Crippen molar-refractivity contribution in [1.29, 1.82) is 0 Å². The molecule has 0 aromatic heterocycles. The summed E-state index contributed by atoms with van der Waals surface area (Å²) in [6, 6.07) is 0. The van der Waals surface area contributed by atoms with Gasteiger partial charge in [-0.25, -0.2) is 0 Å². The smallest absolute Gasteiger partial charge is 0.132 e. The molecule has 0 saturated heterocycles. The largest absolute Gasteiger partial charge is 0.300 e. The average Bonchev–Trinajstić information content (AvgIpc) is 1.94. The maximum Gasteiger partial charge on any atom is 0.132 e. The lowest BCUT2D eigenvalue weighted by molar-refractivity contribution is -0.118. The summed E-state index contributed by atoms with van der Waals surface area (Å²) in [7, 11) is 0. The molecular formula is C9H14O. The second-order valence-corrected chi connectivity index (χ2v) is 3.71. The highest BCUT2D eigenvalue weighted by Crippen LogP contribution is 2.42. The summed E-state index contributed by atoms with van der Waals surface area (Å²) in [4.78, 5) is 11.0. The molecule has 0 heterocycles. The third-order valence-electron chi connectivity index (χ3n) is 3.16. The summed E-state index contributed by atoms with van der Waals surface area (Å²) in [6.07, 6.45) is 6.95. The van der Waals surface area contributed by atoms with Gasteiger partial charge in [0.2, 0.25) is 0 Å². The zero-order valence-corrected chi connectivity index (χ0v) is 6.31. The number of rotatable bonds is 0. The fourth-order valence-corrected chi connectivity index (χ4v) is 2.22. The van der Waals surface area contributed by atoms with Crippen molar-refractivity contribution in [2.24, 2.45) is 11.8 Å². The topological polar surface area (TPSA) is 17.1 Å². The van der Waals surface area contributed by atoms with Crippen molar-refractivity contribution in [2.75, 3.05) is 0 Å². The molecule has 0 bridgehead atoms. The van der Waals surface area contributed by atoms with Gasteiger partial charge < -0.3 is 0 Å². The maximum absolute atomic E-state index is 11.0. The number of fused-ring (bicyclic) bond motifs is 1. The summed E-state index contributed by atoms with van der Waals surface area (Å²) in [5.41, 5.74) is 0. The first-order valence-corrected chi connectivity index (χ1v) is 4.38. The van der Waals surface area contributed by atoms with Crippen molar-refractivity contribution in [1.82, 2.24) is 0 Å². The van der Waals surface area contributed by atoms with Crippen LogP contribution in [-0.4, -0.2) is 5.78 Å². The van der Waals surface area contributed by atoms with E-state index in [1.165, 1.54) is 25.7 Å². The predicted octanol–water partition coefficient (Wildman–Crippen LogP) is 2.16. The molecule has 56 valence electrons. The molecule has 2 unspecified atom stereocenters. The van der Waals surface area contributed by atoms with Gasteiger partial charge in [-0.05, 0) is 37.5 Å². The third-order valence-corrected chi connectivity index (χ3v) is 3.16. The molecule has 0 radical (unpaired) electrons. The Kier molecular flexibility index (Phi) is 1.51. The Labute approximate surface area is 61.8 Å². The molecule has 0 spiro atoms. The molecule has 0 aromatic carbocycles. The first-order valence-electron chi connectivity index (χ1n) is 4.38. The quantitative estimate of drug-likeness (QED) is 0.501. The Hall–Kier alpha value is -0.330. The molecule has 0 aliphatic heterocycles. The van der Waals surface area contributed by atoms with Crippen LogP contribution in [0.1, 0.15) is 38.5 Å². The monoisotopic (exact) mass is 138 g/mol. The first-order chi connectivity index (χ1) is 4.86. The first kappa shape index (κ1) is 6.38. The molecule has 1 heteroatoms. The van der Waals surface area contributed by atoms with Crippen LogP contribution in [0.4, 0.5) is 0 Å². The Morgan fingerprint density at radius 2 is 1.40 bits per heavy atom.